The number of nitrogens with zero attached hydrogens (tertiary/aromatic N) is 1. The first kappa shape index (κ1) is 11.1. The fraction of sp³-hybridized carbons (Fsp3) is 0.267. The summed E-state index contributed by atoms with van der Waals surface area (Å²) < 4.78 is 5.14. The standard InChI is InChI=1S/C15H14N2O/c16-8-15(10-18-11-15)9-17-14-7-3-5-12-4-1-2-6-13(12)14/h1-7,17H,9-11H2. The van der Waals surface area contributed by atoms with Gasteiger partial charge in [-0.25, -0.2) is 0 Å². The number of benzene rings is 2. The third-order valence-corrected chi connectivity index (χ3v) is 3.40. The van der Waals surface area contributed by atoms with Crippen molar-refractivity contribution in [2.24, 2.45) is 5.41 Å². The topological polar surface area (TPSA) is 45.0 Å². The van der Waals surface area contributed by atoms with E-state index in [0.29, 0.717) is 19.8 Å². The Hall–Kier alpha value is -2.05. The number of nitriles is 1. The summed E-state index contributed by atoms with van der Waals surface area (Å²) in [6, 6.07) is 16.8. The zero-order valence-electron chi connectivity index (χ0n) is 10.0. The summed E-state index contributed by atoms with van der Waals surface area (Å²) in [5.74, 6) is 0. The van der Waals surface area contributed by atoms with Crippen molar-refractivity contribution in [1.82, 2.24) is 0 Å². The Labute approximate surface area is 106 Å². The highest BCUT2D eigenvalue weighted by Gasteiger charge is 2.38. The largest absolute Gasteiger partial charge is 0.383 e. The van der Waals surface area contributed by atoms with Crippen LogP contribution >= 0.6 is 0 Å². The molecule has 1 aliphatic heterocycles. The summed E-state index contributed by atoms with van der Waals surface area (Å²) in [5, 5.41) is 14.9. The second kappa shape index (κ2) is 4.32. The molecule has 3 nitrogen and oxygen atoms in total. The Balaban J connectivity index is 1.85. The van der Waals surface area contributed by atoms with Gasteiger partial charge < -0.3 is 10.1 Å². The molecule has 0 amide bonds. The van der Waals surface area contributed by atoms with Crippen molar-refractivity contribution in [3.8, 4) is 6.07 Å². The van der Waals surface area contributed by atoms with Crippen LogP contribution in [0.2, 0.25) is 0 Å². The van der Waals surface area contributed by atoms with Gasteiger partial charge in [-0.1, -0.05) is 36.4 Å². The molecule has 1 N–H and O–H groups in total. The van der Waals surface area contributed by atoms with E-state index in [0.717, 1.165) is 5.69 Å². The maximum atomic E-state index is 9.16. The van der Waals surface area contributed by atoms with Gasteiger partial charge in [-0.15, -0.1) is 0 Å². The predicted octanol–water partition coefficient (Wildman–Crippen LogP) is 2.79. The van der Waals surface area contributed by atoms with E-state index in [2.05, 4.69) is 29.6 Å². The normalized spacial score (nSPS) is 16.8. The SMILES string of the molecule is N#CC1(CNc2cccc3ccccc23)COC1. The second-order valence-corrected chi connectivity index (χ2v) is 4.77. The summed E-state index contributed by atoms with van der Waals surface area (Å²) in [6.07, 6.45) is 0. The fourth-order valence-corrected chi connectivity index (χ4v) is 2.20. The number of rotatable bonds is 3. The molecule has 0 aliphatic carbocycles. The molecule has 0 atom stereocenters. The minimum absolute atomic E-state index is 0.350. The van der Waals surface area contributed by atoms with E-state index in [4.69, 9.17) is 10.00 Å². The Morgan fingerprint density at radius 3 is 2.67 bits per heavy atom. The van der Waals surface area contributed by atoms with Crippen LogP contribution in [-0.4, -0.2) is 19.8 Å². The van der Waals surface area contributed by atoms with Crippen molar-refractivity contribution in [1.29, 1.82) is 5.26 Å². The molecule has 2 aromatic rings. The Morgan fingerprint density at radius 1 is 1.17 bits per heavy atom. The van der Waals surface area contributed by atoms with Gasteiger partial charge in [-0.05, 0) is 11.5 Å². The van der Waals surface area contributed by atoms with Crippen LogP contribution in [0.5, 0.6) is 0 Å². The first-order valence-electron chi connectivity index (χ1n) is 6.04. The number of hydrogen-bond acceptors (Lipinski definition) is 3. The predicted molar refractivity (Wildman–Crippen MR) is 71.3 cm³/mol. The molecule has 1 heterocycles. The lowest BCUT2D eigenvalue weighted by Crippen LogP contribution is -2.46. The van der Waals surface area contributed by atoms with Crippen LogP contribution in [0, 0.1) is 16.7 Å². The van der Waals surface area contributed by atoms with Gasteiger partial charge in [-0.2, -0.15) is 5.26 Å². The molecular formula is C15H14N2O. The molecule has 3 rings (SSSR count). The molecule has 1 fully saturated rings. The number of fused-ring (bicyclic) bond motifs is 1. The Morgan fingerprint density at radius 2 is 1.94 bits per heavy atom. The number of hydrogen-bond donors (Lipinski definition) is 1. The van der Waals surface area contributed by atoms with Crippen molar-refractivity contribution < 1.29 is 4.74 Å². The molecule has 18 heavy (non-hydrogen) atoms. The van der Waals surface area contributed by atoms with Crippen LogP contribution in [0.4, 0.5) is 5.69 Å². The van der Waals surface area contributed by atoms with E-state index in [1.807, 2.05) is 24.3 Å². The van der Waals surface area contributed by atoms with Gasteiger partial charge in [-0.3, -0.25) is 0 Å². The lowest BCUT2D eigenvalue weighted by molar-refractivity contribution is -0.0690. The molecular weight excluding hydrogens is 224 g/mol. The van der Waals surface area contributed by atoms with Crippen molar-refractivity contribution >= 4 is 16.5 Å². The number of anilines is 1. The third-order valence-electron chi connectivity index (χ3n) is 3.40. The Kier molecular flexibility index (Phi) is 2.66. The molecule has 3 heteroatoms. The quantitative estimate of drug-likeness (QED) is 0.894. The van der Waals surface area contributed by atoms with Crippen LogP contribution in [0.15, 0.2) is 42.5 Å². The molecule has 1 aliphatic rings. The highest BCUT2D eigenvalue weighted by molar-refractivity contribution is 5.93. The molecule has 0 radical (unpaired) electrons. The molecule has 0 bridgehead atoms. The van der Waals surface area contributed by atoms with E-state index in [1.165, 1.54) is 10.8 Å². The summed E-state index contributed by atoms with van der Waals surface area (Å²) in [7, 11) is 0. The van der Waals surface area contributed by atoms with Crippen LogP contribution < -0.4 is 5.32 Å². The van der Waals surface area contributed by atoms with E-state index >= 15 is 0 Å². The van der Waals surface area contributed by atoms with Crippen molar-refractivity contribution in [2.75, 3.05) is 25.1 Å². The smallest absolute Gasteiger partial charge is 0.121 e. The van der Waals surface area contributed by atoms with Gasteiger partial charge in [0.25, 0.3) is 0 Å². The average Bonchev–Trinajstić information content (AvgIpc) is 2.38. The van der Waals surface area contributed by atoms with Crippen molar-refractivity contribution in [3.63, 3.8) is 0 Å². The molecule has 2 aromatic carbocycles. The lowest BCUT2D eigenvalue weighted by atomic mass is 9.88. The highest BCUT2D eigenvalue weighted by Crippen LogP contribution is 2.29. The highest BCUT2D eigenvalue weighted by atomic mass is 16.5. The van der Waals surface area contributed by atoms with Crippen molar-refractivity contribution in [3.05, 3.63) is 42.5 Å². The fourth-order valence-electron chi connectivity index (χ4n) is 2.20. The van der Waals surface area contributed by atoms with Crippen LogP contribution in [0.25, 0.3) is 10.8 Å². The van der Waals surface area contributed by atoms with Crippen LogP contribution in [0.1, 0.15) is 0 Å². The van der Waals surface area contributed by atoms with E-state index in [1.54, 1.807) is 0 Å². The number of nitrogens with one attached hydrogen (secondary N) is 1. The van der Waals surface area contributed by atoms with Crippen LogP contribution in [-0.2, 0) is 4.74 Å². The molecule has 1 saturated heterocycles. The van der Waals surface area contributed by atoms with Gasteiger partial charge in [0, 0.05) is 17.6 Å². The summed E-state index contributed by atoms with van der Waals surface area (Å²) in [4.78, 5) is 0. The zero-order valence-corrected chi connectivity index (χ0v) is 10.0. The maximum Gasteiger partial charge on any atom is 0.121 e. The van der Waals surface area contributed by atoms with E-state index in [9.17, 15) is 0 Å². The lowest BCUT2D eigenvalue weighted by Gasteiger charge is -2.35. The van der Waals surface area contributed by atoms with Gasteiger partial charge in [0.1, 0.15) is 5.41 Å². The summed E-state index contributed by atoms with van der Waals surface area (Å²) >= 11 is 0. The minimum atomic E-state index is -0.350. The first-order chi connectivity index (χ1) is 8.83. The van der Waals surface area contributed by atoms with Crippen molar-refractivity contribution in [2.45, 2.75) is 0 Å². The average molecular weight is 238 g/mol. The van der Waals surface area contributed by atoms with Gasteiger partial charge in [0.2, 0.25) is 0 Å². The molecule has 90 valence electrons. The zero-order chi connectivity index (χ0) is 12.4. The van der Waals surface area contributed by atoms with E-state index < -0.39 is 0 Å². The van der Waals surface area contributed by atoms with E-state index in [-0.39, 0.29) is 5.41 Å². The summed E-state index contributed by atoms with van der Waals surface area (Å²) in [6.45, 7) is 1.69. The first-order valence-corrected chi connectivity index (χ1v) is 6.04. The van der Waals surface area contributed by atoms with Gasteiger partial charge in [0.15, 0.2) is 0 Å². The third kappa shape index (κ3) is 1.81. The molecule has 0 unspecified atom stereocenters. The maximum absolute atomic E-state index is 9.16. The molecule has 0 aromatic heterocycles. The summed E-state index contributed by atoms with van der Waals surface area (Å²) in [5.41, 5.74) is 0.728. The van der Waals surface area contributed by atoms with Crippen LogP contribution in [0.3, 0.4) is 0 Å². The monoisotopic (exact) mass is 238 g/mol. The molecule has 0 spiro atoms. The second-order valence-electron chi connectivity index (χ2n) is 4.77. The molecule has 0 saturated carbocycles. The van der Waals surface area contributed by atoms with Gasteiger partial charge >= 0.3 is 0 Å². The van der Waals surface area contributed by atoms with Gasteiger partial charge in [0.05, 0.1) is 19.3 Å². The minimum Gasteiger partial charge on any atom is -0.383 e. The number of ether oxygens (including phenoxy) is 1. The Bertz CT molecular complexity index is 606.